The van der Waals surface area contributed by atoms with Crippen molar-refractivity contribution >= 4 is 0 Å². The Morgan fingerprint density at radius 3 is 1.88 bits per heavy atom. The number of rotatable bonds is 1. The van der Waals surface area contributed by atoms with Crippen LogP contribution in [0.4, 0.5) is 26.3 Å². The molecule has 0 saturated carbocycles. The van der Waals surface area contributed by atoms with Crippen molar-refractivity contribution in [3.8, 4) is 0 Å². The zero-order valence-corrected chi connectivity index (χ0v) is 8.42. The van der Waals surface area contributed by atoms with Crippen LogP contribution in [0.2, 0.25) is 0 Å². The lowest BCUT2D eigenvalue weighted by atomic mass is 9.98. The molecule has 6 heteroatoms. The van der Waals surface area contributed by atoms with Gasteiger partial charge < -0.3 is 0 Å². The smallest absolute Gasteiger partial charge is 0.206 e. The Balaban J connectivity index is 3.57. The Hall–Kier alpha value is -1.20. The van der Waals surface area contributed by atoms with E-state index in [9.17, 15) is 26.3 Å². The van der Waals surface area contributed by atoms with Crippen molar-refractivity contribution in [3.05, 3.63) is 34.6 Å². The van der Waals surface area contributed by atoms with Crippen LogP contribution in [0, 0.1) is 17.5 Å². The van der Waals surface area contributed by atoms with Crippen molar-refractivity contribution in [1.82, 2.24) is 0 Å². The molecule has 1 rings (SSSR count). The normalized spacial score (nSPS) is 12.3. The molecule has 0 amide bonds. The summed E-state index contributed by atoms with van der Waals surface area (Å²) in [5.74, 6) is -5.89. The third-order valence-electron chi connectivity index (χ3n) is 2.07. The first-order valence-corrected chi connectivity index (χ1v) is 4.40. The second kappa shape index (κ2) is 3.99. The molecule has 0 fully saturated rings. The molecule has 90 valence electrons. The molecule has 1 aromatic carbocycles. The summed E-state index contributed by atoms with van der Waals surface area (Å²) in [6.45, 7) is 2.56. The highest BCUT2D eigenvalue weighted by Gasteiger charge is 2.37. The maximum Gasteiger partial charge on any atom is 0.419 e. The molecule has 0 radical (unpaired) electrons. The summed E-state index contributed by atoms with van der Waals surface area (Å²) in [6.07, 6.45) is -5.04. The first-order chi connectivity index (χ1) is 7.16. The summed E-state index contributed by atoms with van der Waals surface area (Å²) < 4.78 is 76.1. The SMILES string of the molecule is CC(C)c1c(F)c(F)cc(C(F)(F)F)c1F. The number of hydrogen-bond acceptors (Lipinski definition) is 0. The molecule has 0 nitrogen and oxygen atoms in total. The van der Waals surface area contributed by atoms with Gasteiger partial charge in [-0.1, -0.05) is 13.8 Å². The fourth-order valence-electron chi connectivity index (χ4n) is 1.34. The van der Waals surface area contributed by atoms with Crippen molar-refractivity contribution < 1.29 is 26.3 Å². The Morgan fingerprint density at radius 1 is 1.00 bits per heavy atom. The summed E-state index contributed by atoms with van der Waals surface area (Å²) in [4.78, 5) is 0. The average molecular weight is 242 g/mol. The highest BCUT2D eigenvalue weighted by atomic mass is 19.4. The van der Waals surface area contributed by atoms with Gasteiger partial charge in [-0.15, -0.1) is 0 Å². The van der Waals surface area contributed by atoms with Crippen molar-refractivity contribution in [1.29, 1.82) is 0 Å². The van der Waals surface area contributed by atoms with Crippen molar-refractivity contribution in [2.75, 3.05) is 0 Å². The standard InChI is InChI=1S/C10H8F6/c1-4(2)7-8(12)5(10(14,15)16)3-6(11)9(7)13/h3-4H,1-2H3. The van der Waals surface area contributed by atoms with E-state index in [0.717, 1.165) is 0 Å². The predicted molar refractivity (Wildman–Crippen MR) is 45.4 cm³/mol. The molecule has 0 N–H and O–H groups in total. The van der Waals surface area contributed by atoms with Crippen LogP contribution < -0.4 is 0 Å². The van der Waals surface area contributed by atoms with Crippen LogP contribution in [0.15, 0.2) is 6.07 Å². The van der Waals surface area contributed by atoms with E-state index < -0.39 is 40.7 Å². The minimum absolute atomic E-state index is 0.170. The van der Waals surface area contributed by atoms with Gasteiger partial charge in [-0.2, -0.15) is 13.2 Å². The lowest BCUT2D eigenvalue weighted by Crippen LogP contribution is -2.13. The van der Waals surface area contributed by atoms with Gasteiger partial charge in [0.15, 0.2) is 11.6 Å². The average Bonchev–Trinajstić information content (AvgIpc) is 2.09. The quantitative estimate of drug-likeness (QED) is 0.510. The second-order valence-corrected chi connectivity index (χ2v) is 3.60. The Bertz CT molecular complexity index is 405. The van der Waals surface area contributed by atoms with Crippen LogP contribution in [0.5, 0.6) is 0 Å². The van der Waals surface area contributed by atoms with Crippen LogP contribution in [0.1, 0.15) is 30.9 Å². The monoisotopic (exact) mass is 242 g/mol. The van der Waals surface area contributed by atoms with Crippen molar-refractivity contribution in [2.24, 2.45) is 0 Å². The number of alkyl halides is 3. The van der Waals surface area contributed by atoms with Crippen molar-refractivity contribution in [3.63, 3.8) is 0 Å². The van der Waals surface area contributed by atoms with E-state index in [0.29, 0.717) is 0 Å². The summed E-state index contributed by atoms with van der Waals surface area (Å²) >= 11 is 0. The third kappa shape index (κ3) is 2.15. The van der Waals surface area contributed by atoms with E-state index in [-0.39, 0.29) is 6.07 Å². The first-order valence-electron chi connectivity index (χ1n) is 4.40. The van der Waals surface area contributed by atoms with Crippen molar-refractivity contribution in [2.45, 2.75) is 25.9 Å². The van der Waals surface area contributed by atoms with Gasteiger partial charge in [0.1, 0.15) is 5.82 Å². The second-order valence-electron chi connectivity index (χ2n) is 3.60. The summed E-state index contributed by atoms with van der Waals surface area (Å²) in [7, 11) is 0. The molecular weight excluding hydrogens is 234 g/mol. The minimum Gasteiger partial charge on any atom is -0.206 e. The summed E-state index contributed by atoms with van der Waals surface area (Å²) in [6, 6.07) is -0.170. The van der Waals surface area contributed by atoms with Crippen LogP contribution >= 0.6 is 0 Å². The van der Waals surface area contributed by atoms with Crippen LogP contribution in [0.25, 0.3) is 0 Å². The highest BCUT2D eigenvalue weighted by molar-refractivity contribution is 5.32. The lowest BCUT2D eigenvalue weighted by Gasteiger charge is -2.14. The fraction of sp³-hybridized carbons (Fsp3) is 0.400. The molecule has 1 aromatic rings. The fourth-order valence-corrected chi connectivity index (χ4v) is 1.34. The zero-order valence-electron chi connectivity index (χ0n) is 8.42. The van der Waals surface area contributed by atoms with E-state index in [1.165, 1.54) is 13.8 Å². The van der Waals surface area contributed by atoms with E-state index in [4.69, 9.17) is 0 Å². The molecule has 0 bridgehead atoms. The third-order valence-corrected chi connectivity index (χ3v) is 2.07. The molecule has 0 aromatic heterocycles. The predicted octanol–water partition coefficient (Wildman–Crippen LogP) is 4.25. The molecule has 0 saturated heterocycles. The molecule has 0 unspecified atom stereocenters. The van der Waals surface area contributed by atoms with Gasteiger partial charge in [0.25, 0.3) is 0 Å². The Labute approximate surface area is 87.9 Å². The zero-order chi connectivity index (χ0) is 12.7. The van der Waals surface area contributed by atoms with Gasteiger partial charge in [-0.3, -0.25) is 0 Å². The minimum atomic E-state index is -5.04. The number of hydrogen-bond donors (Lipinski definition) is 0. The lowest BCUT2D eigenvalue weighted by molar-refractivity contribution is -0.140. The van der Waals surface area contributed by atoms with Gasteiger partial charge >= 0.3 is 6.18 Å². The molecule has 0 spiro atoms. The van der Waals surface area contributed by atoms with E-state index in [2.05, 4.69) is 0 Å². The van der Waals surface area contributed by atoms with Crippen LogP contribution in [-0.4, -0.2) is 0 Å². The molecule has 0 aliphatic carbocycles. The molecular formula is C10H8F6. The molecule has 0 aliphatic rings. The number of benzene rings is 1. The van der Waals surface area contributed by atoms with Crippen LogP contribution in [-0.2, 0) is 6.18 Å². The molecule has 0 atom stereocenters. The van der Waals surface area contributed by atoms with Gasteiger partial charge in [-0.05, 0) is 12.0 Å². The van der Waals surface area contributed by atoms with Gasteiger partial charge in [0.05, 0.1) is 5.56 Å². The number of halogens is 6. The Kier molecular flexibility index (Phi) is 3.21. The van der Waals surface area contributed by atoms with E-state index in [1.54, 1.807) is 0 Å². The Morgan fingerprint density at radius 2 is 1.50 bits per heavy atom. The maximum atomic E-state index is 13.3. The molecule has 16 heavy (non-hydrogen) atoms. The van der Waals surface area contributed by atoms with Crippen LogP contribution in [0.3, 0.4) is 0 Å². The summed E-state index contributed by atoms with van der Waals surface area (Å²) in [5, 5.41) is 0. The largest absolute Gasteiger partial charge is 0.419 e. The maximum absolute atomic E-state index is 13.3. The van der Waals surface area contributed by atoms with E-state index >= 15 is 0 Å². The molecule has 0 aliphatic heterocycles. The van der Waals surface area contributed by atoms with Gasteiger partial charge in [0, 0.05) is 5.56 Å². The highest BCUT2D eigenvalue weighted by Crippen LogP contribution is 2.36. The topological polar surface area (TPSA) is 0 Å². The summed E-state index contributed by atoms with van der Waals surface area (Å²) in [5.41, 5.74) is -2.66. The first kappa shape index (κ1) is 12.9. The molecule has 0 heterocycles. The van der Waals surface area contributed by atoms with Gasteiger partial charge in [0.2, 0.25) is 0 Å². The van der Waals surface area contributed by atoms with E-state index in [1.807, 2.05) is 0 Å². The van der Waals surface area contributed by atoms with Gasteiger partial charge in [-0.25, -0.2) is 13.2 Å².